The monoisotopic (exact) mass is 1030 g/mol. The summed E-state index contributed by atoms with van der Waals surface area (Å²) in [6.07, 6.45) is 38.6. The smallest absolute Gasteiger partial charge is 0.261 e. The van der Waals surface area contributed by atoms with Gasteiger partial charge in [0.15, 0.2) is 6.29 Å². The van der Waals surface area contributed by atoms with E-state index < -0.39 is 49.0 Å². The lowest BCUT2D eigenvalue weighted by molar-refractivity contribution is -0.302. The van der Waals surface area contributed by atoms with Crippen LogP contribution in [0.25, 0.3) is 0 Å². The second kappa shape index (κ2) is 43.7. The van der Waals surface area contributed by atoms with Gasteiger partial charge < -0.3 is 50.4 Å². The van der Waals surface area contributed by atoms with Crippen LogP contribution in [0, 0.1) is 0 Å². The molecular weight excluding hydrogens is 921 g/mol. The maximum absolute atomic E-state index is 11.5. The van der Waals surface area contributed by atoms with Crippen molar-refractivity contribution in [2.24, 2.45) is 0 Å². The summed E-state index contributed by atoms with van der Waals surface area (Å²) >= 11 is 5.41. The molecule has 10 nitrogen and oxygen atoms in total. The van der Waals surface area contributed by atoms with E-state index in [9.17, 15) is 25.5 Å². The number of unbranched alkanes of at least 4 members (excludes halogenated alkanes) is 34. The zero-order valence-electron chi connectivity index (χ0n) is 47.1. The summed E-state index contributed by atoms with van der Waals surface area (Å²) in [4.78, 5) is 0. The van der Waals surface area contributed by atoms with Crippen LogP contribution in [0.1, 0.15) is 278 Å². The van der Waals surface area contributed by atoms with Gasteiger partial charge in [0.25, 0.3) is 5.17 Å². The summed E-state index contributed by atoms with van der Waals surface area (Å²) < 4.78 is 17.8. The molecule has 7 N–H and O–H groups in total. The zero-order chi connectivity index (χ0) is 52.5. The SMILES string of the molecule is CCCCCCCCCCCCCCCCCCCCCCCCCCN[C@@H](CO[C@@H]1O[C@H](COC(=S)Nc2ccc(C(C)(C)C)cc2)[C@H](O)[C@H](O)[C@H]1O)[C@H](O)[C@H](O)CCCCCCCCCCCCCC. The molecule has 0 aromatic heterocycles. The van der Waals surface area contributed by atoms with Crippen LogP contribution < -0.4 is 10.6 Å². The van der Waals surface area contributed by atoms with Crippen LogP contribution in [-0.2, 0) is 19.6 Å². The Balaban J connectivity index is 1.72. The minimum Gasteiger partial charge on any atom is -0.468 e. The van der Waals surface area contributed by atoms with Crippen molar-refractivity contribution < 1.29 is 39.7 Å². The van der Waals surface area contributed by atoms with Crippen LogP contribution in [0.4, 0.5) is 5.69 Å². The van der Waals surface area contributed by atoms with Gasteiger partial charge in [0.2, 0.25) is 0 Å². The molecule has 1 heterocycles. The largest absolute Gasteiger partial charge is 0.468 e. The summed E-state index contributed by atoms with van der Waals surface area (Å²) in [6, 6.07) is 7.26. The van der Waals surface area contributed by atoms with E-state index >= 15 is 0 Å². The second-order valence-electron chi connectivity index (χ2n) is 22.8. The highest BCUT2D eigenvalue weighted by Gasteiger charge is 2.45. The first-order valence-corrected chi connectivity index (χ1v) is 30.7. The van der Waals surface area contributed by atoms with Crippen molar-refractivity contribution in [1.82, 2.24) is 5.32 Å². The number of benzene rings is 1. The molecule has 0 radical (unpaired) electrons. The minimum atomic E-state index is -1.56. The number of hydrogen-bond acceptors (Lipinski definition) is 10. The van der Waals surface area contributed by atoms with E-state index in [1.165, 1.54) is 205 Å². The van der Waals surface area contributed by atoms with Crippen molar-refractivity contribution in [2.45, 2.75) is 327 Å². The standard InChI is InChI=1S/C61H114N2O8S/c1-6-8-10-12-14-16-18-20-21-22-23-24-25-26-27-28-29-30-31-33-35-37-39-41-47-62-52(55(65)53(64)42-40-38-36-34-32-19-17-15-13-11-9-7-2)48-69-59-58(68)57(67)56(66)54(71-59)49-70-60(72)63-51-45-43-50(44-46-51)61(3,4)5/h43-46,52-59,62,64-68H,6-42,47-49H2,1-5H3,(H,63,72)/t52-,53+,54+,55-,56-,57-,58+,59+/m0/s1. The van der Waals surface area contributed by atoms with Crippen molar-refractivity contribution >= 4 is 23.1 Å². The van der Waals surface area contributed by atoms with E-state index in [4.69, 9.17) is 26.4 Å². The third kappa shape index (κ3) is 32.9. The highest BCUT2D eigenvalue weighted by atomic mass is 32.1. The van der Waals surface area contributed by atoms with Gasteiger partial charge in [-0.2, -0.15) is 0 Å². The molecule has 1 aliphatic rings. The lowest BCUT2D eigenvalue weighted by Crippen LogP contribution is -2.60. The van der Waals surface area contributed by atoms with Crippen LogP contribution in [0.15, 0.2) is 24.3 Å². The molecule has 1 fully saturated rings. The van der Waals surface area contributed by atoms with E-state index in [1.807, 2.05) is 24.3 Å². The van der Waals surface area contributed by atoms with E-state index in [0.717, 1.165) is 37.8 Å². The summed E-state index contributed by atoms with van der Waals surface area (Å²) in [5.41, 5.74) is 1.94. The minimum absolute atomic E-state index is 0.0120. The number of ether oxygens (including phenoxy) is 3. The highest BCUT2D eigenvalue weighted by molar-refractivity contribution is 7.80. The van der Waals surface area contributed by atoms with Crippen LogP contribution in [0.2, 0.25) is 0 Å². The molecule has 72 heavy (non-hydrogen) atoms. The normalized spacial score (nSPS) is 19.6. The predicted octanol–water partition coefficient (Wildman–Crippen LogP) is 14.7. The van der Waals surface area contributed by atoms with Crippen molar-refractivity contribution in [1.29, 1.82) is 0 Å². The topological polar surface area (TPSA) is 153 Å². The van der Waals surface area contributed by atoms with Gasteiger partial charge in [-0.05, 0) is 54.7 Å². The lowest BCUT2D eigenvalue weighted by atomic mass is 9.87. The fourth-order valence-electron chi connectivity index (χ4n) is 10.0. The Morgan fingerprint density at radius 1 is 0.556 bits per heavy atom. The maximum Gasteiger partial charge on any atom is 0.261 e. The predicted molar refractivity (Wildman–Crippen MR) is 306 cm³/mol. The summed E-state index contributed by atoms with van der Waals surface area (Å²) in [6.45, 7) is 11.4. The highest BCUT2D eigenvalue weighted by Crippen LogP contribution is 2.26. The number of anilines is 1. The fraction of sp³-hybridized carbons (Fsp3) is 0.885. The molecule has 422 valence electrons. The molecule has 0 amide bonds. The van der Waals surface area contributed by atoms with Gasteiger partial charge in [-0.3, -0.25) is 0 Å². The second-order valence-corrected chi connectivity index (χ2v) is 23.2. The Kier molecular flexibility index (Phi) is 40.5. The molecule has 0 unspecified atom stereocenters. The molecule has 0 bridgehead atoms. The molecule has 1 aliphatic heterocycles. The Labute approximate surface area is 447 Å². The first-order valence-electron chi connectivity index (χ1n) is 30.3. The van der Waals surface area contributed by atoms with E-state index in [2.05, 4.69) is 45.3 Å². The third-order valence-electron chi connectivity index (χ3n) is 15.1. The Bertz CT molecular complexity index is 1380. The number of hydrogen-bond donors (Lipinski definition) is 7. The molecule has 8 atom stereocenters. The van der Waals surface area contributed by atoms with Gasteiger partial charge >= 0.3 is 0 Å². The van der Waals surface area contributed by atoms with Crippen molar-refractivity contribution in [3.8, 4) is 0 Å². The first kappa shape index (κ1) is 66.7. The van der Waals surface area contributed by atoms with Gasteiger partial charge in [0.05, 0.1) is 24.9 Å². The zero-order valence-corrected chi connectivity index (χ0v) is 47.9. The average Bonchev–Trinajstić information content (AvgIpc) is 3.36. The lowest BCUT2D eigenvalue weighted by Gasteiger charge is -2.40. The average molecular weight is 1040 g/mol. The number of aliphatic hydroxyl groups is 5. The molecule has 1 aromatic rings. The first-order chi connectivity index (χ1) is 34.9. The number of rotatable bonds is 47. The fourth-order valence-corrected chi connectivity index (χ4v) is 10.2. The van der Waals surface area contributed by atoms with Gasteiger partial charge in [0.1, 0.15) is 31.0 Å². The van der Waals surface area contributed by atoms with E-state index in [0.29, 0.717) is 13.0 Å². The van der Waals surface area contributed by atoms with E-state index in [1.54, 1.807) is 0 Å². The quantitative estimate of drug-likeness (QED) is 0.0247. The Morgan fingerprint density at radius 2 is 0.944 bits per heavy atom. The van der Waals surface area contributed by atoms with Crippen molar-refractivity contribution in [3.05, 3.63) is 29.8 Å². The van der Waals surface area contributed by atoms with Gasteiger partial charge in [-0.15, -0.1) is 0 Å². The summed E-state index contributed by atoms with van der Waals surface area (Å²) in [5, 5.41) is 61.8. The molecular formula is C61H114N2O8S. The molecule has 2 rings (SSSR count). The van der Waals surface area contributed by atoms with Crippen LogP contribution in [0.3, 0.4) is 0 Å². The summed E-state index contributed by atoms with van der Waals surface area (Å²) in [7, 11) is 0. The maximum atomic E-state index is 11.5. The number of nitrogens with one attached hydrogen (secondary N) is 2. The molecule has 11 heteroatoms. The van der Waals surface area contributed by atoms with Gasteiger partial charge in [-0.25, -0.2) is 0 Å². The summed E-state index contributed by atoms with van der Waals surface area (Å²) in [5.74, 6) is 0. The number of thiocarbonyl (C=S) groups is 1. The van der Waals surface area contributed by atoms with Crippen LogP contribution in [0.5, 0.6) is 0 Å². The Morgan fingerprint density at radius 3 is 1.35 bits per heavy atom. The van der Waals surface area contributed by atoms with Crippen LogP contribution >= 0.6 is 12.2 Å². The third-order valence-corrected chi connectivity index (χ3v) is 15.3. The molecule has 1 saturated heterocycles. The van der Waals surface area contributed by atoms with Gasteiger partial charge in [0, 0.05) is 5.69 Å². The Hall–Kier alpha value is -1.41. The molecule has 1 aromatic carbocycles. The van der Waals surface area contributed by atoms with E-state index in [-0.39, 0.29) is 23.8 Å². The molecule has 0 saturated carbocycles. The molecule has 0 spiro atoms. The van der Waals surface area contributed by atoms with Gasteiger partial charge in [-0.1, -0.05) is 271 Å². The van der Waals surface area contributed by atoms with Crippen molar-refractivity contribution in [3.63, 3.8) is 0 Å². The van der Waals surface area contributed by atoms with Crippen molar-refractivity contribution in [2.75, 3.05) is 25.1 Å². The molecule has 0 aliphatic carbocycles. The van der Waals surface area contributed by atoms with Crippen LogP contribution in [-0.4, -0.2) is 99.4 Å². The number of aliphatic hydroxyl groups excluding tert-OH is 5.